The fraction of sp³-hybridized carbons (Fsp3) is 0.417. The standard InChI is InChI=1S/C12H10BrF3O2/c13-7-3-4-8-9(6-7)11(17)18-10(8)2-1-5-12(14,15)16/h3-4,6,10H,1-2,5H2. The molecule has 0 aromatic heterocycles. The fourth-order valence-corrected chi connectivity index (χ4v) is 2.31. The van der Waals surface area contributed by atoms with Crippen LogP contribution in [0.15, 0.2) is 22.7 Å². The van der Waals surface area contributed by atoms with Crippen LogP contribution in [-0.2, 0) is 4.74 Å². The van der Waals surface area contributed by atoms with Crippen LogP contribution in [0, 0.1) is 0 Å². The van der Waals surface area contributed by atoms with E-state index in [-0.39, 0.29) is 12.8 Å². The molecule has 0 radical (unpaired) electrons. The molecule has 1 aromatic rings. The van der Waals surface area contributed by atoms with Crippen molar-refractivity contribution in [2.45, 2.75) is 31.5 Å². The van der Waals surface area contributed by atoms with E-state index in [1.807, 2.05) is 0 Å². The summed E-state index contributed by atoms with van der Waals surface area (Å²) >= 11 is 3.23. The Kier molecular flexibility index (Phi) is 3.66. The van der Waals surface area contributed by atoms with Gasteiger partial charge in [-0.1, -0.05) is 22.0 Å². The Balaban J connectivity index is 2.04. The van der Waals surface area contributed by atoms with Gasteiger partial charge in [-0.15, -0.1) is 0 Å². The first-order chi connectivity index (χ1) is 8.37. The van der Waals surface area contributed by atoms with Crippen LogP contribution in [0.4, 0.5) is 13.2 Å². The summed E-state index contributed by atoms with van der Waals surface area (Å²) in [5, 5.41) is 0. The molecule has 1 unspecified atom stereocenters. The first kappa shape index (κ1) is 13.4. The summed E-state index contributed by atoms with van der Waals surface area (Å²) in [4.78, 5) is 11.5. The van der Waals surface area contributed by atoms with Crippen LogP contribution < -0.4 is 0 Å². The maximum atomic E-state index is 12.0. The second kappa shape index (κ2) is 4.91. The van der Waals surface area contributed by atoms with Crippen LogP contribution in [0.1, 0.15) is 41.3 Å². The molecule has 0 amide bonds. The van der Waals surface area contributed by atoms with Gasteiger partial charge in [-0.25, -0.2) is 4.79 Å². The van der Waals surface area contributed by atoms with E-state index in [2.05, 4.69) is 15.9 Å². The highest BCUT2D eigenvalue weighted by Gasteiger charge is 2.32. The Labute approximate surface area is 110 Å². The molecule has 0 saturated carbocycles. The summed E-state index contributed by atoms with van der Waals surface area (Å²) in [5.41, 5.74) is 1.10. The summed E-state index contributed by atoms with van der Waals surface area (Å²) in [6.45, 7) is 0. The lowest BCUT2D eigenvalue weighted by molar-refractivity contribution is -0.136. The van der Waals surface area contributed by atoms with E-state index < -0.39 is 24.7 Å². The van der Waals surface area contributed by atoms with Gasteiger partial charge in [0.25, 0.3) is 0 Å². The maximum Gasteiger partial charge on any atom is 0.389 e. The van der Waals surface area contributed by atoms with Crippen molar-refractivity contribution in [3.05, 3.63) is 33.8 Å². The number of hydrogen-bond donors (Lipinski definition) is 0. The van der Waals surface area contributed by atoms with Crippen molar-refractivity contribution in [1.29, 1.82) is 0 Å². The van der Waals surface area contributed by atoms with E-state index in [0.717, 1.165) is 4.47 Å². The minimum absolute atomic E-state index is 0.0447. The average Bonchev–Trinajstić information content (AvgIpc) is 2.54. The van der Waals surface area contributed by atoms with E-state index in [1.54, 1.807) is 18.2 Å². The molecule has 0 N–H and O–H groups in total. The Bertz CT molecular complexity index is 471. The molecule has 2 nitrogen and oxygen atoms in total. The van der Waals surface area contributed by atoms with Gasteiger partial charge in [-0.05, 0) is 25.0 Å². The van der Waals surface area contributed by atoms with Crippen LogP contribution >= 0.6 is 15.9 Å². The number of esters is 1. The largest absolute Gasteiger partial charge is 0.454 e. The lowest BCUT2D eigenvalue weighted by Gasteiger charge is -2.11. The maximum absolute atomic E-state index is 12.0. The molecule has 0 aliphatic carbocycles. The Morgan fingerprint density at radius 1 is 1.33 bits per heavy atom. The van der Waals surface area contributed by atoms with Gasteiger partial charge < -0.3 is 4.74 Å². The number of alkyl halides is 3. The minimum Gasteiger partial charge on any atom is -0.454 e. The monoisotopic (exact) mass is 322 g/mol. The first-order valence-electron chi connectivity index (χ1n) is 5.44. The summed E-state index contributed by atoms with van der Waals surface area (Å²) in [6, 6.07) is 5.08. The van der Waals surface area contributed by atoms with Gasteiger partial charge in [-0.2, -0.15) is 13.2 Å². The quantitative estimate of drug-likeness (QED) is 0.771. The lowest BCUT2D eigenvalue weighted by Crippen LogP contribution is -2.08. The molecule has 18 heavy (non-hydrogen) atoms. The molecule has 2 rings (SSSR count). The Morgan fingerprint density at radius 3 is 2.72 bits per heavy atom. The van der Waals surface area contributed by atoms with Gasteiger partial charge >= 0.3 is 12.1 Å². The molecule has 98 valence electrons. The number of carbonyl (C=O) groups is 1. The van der Waals surface area contributed by atoms with Crippen LogP contribution in [0.3, 0.4) is 0 Å². The minimum atomic E-state index is -4.16. The molecular weight excluding hydrogens is 313 g/mol. The van der Waals surface area contributed by atoms with Crippen LogP contribution in [0.2, 0.25) is 0 Å². The predicted octanol–water partition coefficient (Wildman–Crippen LogP) is 4.39. The van der Waals surface area contributed by atoms with E-state index in [1.165, 1.54) is 0 Å². The molecule has 0 saturated heterocycles. The highest BCUT2D eigenvalue weighted by Crippen LogP contribution is 2.36. The number of benzene rings is 1. The predicted molar refractivity (Wildman–Crippen MR) is 62.2 cm³/mol. The zero-order valence-electron chi connectivity index (χ0n) is 9.26. The van der Waals surface area contributed by atoms with Gasteiger partial charge in [0.1, 0.15) is 6.10 Å². The fourth-order valence-electron chi connectivity index (χ4n) is 1.94. The Morgan fingerprint density at radius 2 is 2.06 bits per heavy atom. The smallest absolute Gasteiger partial charge is 0.389 e. The number of hydrogen-bond acceptors (Lipinski definition) is 2. The van der Waals surface area contributed by atoms with Crippen molar-refractivity contribution in [2.75, 3.05) is 0 Å². The zero-order valence-corrected chi connectivity index (χ0v) is 10.8. The normalized spacial score (nSPS) is 18.7. The van der Waals surface area contributed by atoms with Crippen molar-refractivity contribution in [1.82, 2.24) is 0 Å². The van der Waals surface area contributed by atoms with Gasteiger partial charge in [0.05, 0.1) is 5.56 Å². The number of carbonyl (C=O) groups excluding carboxylic acids is 1. The highest BCUT2D eigenvalue weighted by atomic mass is 79.9. The third kappa shape index (κ3) is 3.04. The second-order valence-corrected chi connectivity index (χ2v) is 5.05. The molecule has 1 aliphatic heterocycles. The molecule has 1 aromatic carbocycles. The second-order valence-electron chi connectivity index (χ2n) is 4.13. The van der Waals surface area contributed by atoms with Crippen LogP contribution in [0.5, 0.6) is 0 Å². The third-order valence-electron chi connectivity index (χ3n) is 2.76. The van der Waals surface area contributed by atoms with Crippen molar-refractivity contribution < 1.29 is 22.7 Å². The van der Waals surface area contributed by atoms with Crippen LogP contribution in [-0.4, -0.2) is 12.1 Å². The average molecular weight is 323 g/mol. The summed E-state index contributed by atoms with van der Waals surface area (Å²) in [7, 11) is 0. The van der Waals surface area contributed by atoms with Gasteiger partial charge in [-0.3, -0.25) is 0 Å². The molecule has 1 heterocycles. The molecule has 1 aliphatic rings. The number of ether oxygens (including phenoxy) is 1. The number of halogens is 4. The summed E-state index contributed by atoms with van der Waals surface area (Å²) in [5.74, 6) is -0.469. The third-order valence-corrected chi connectivity index (χ3v) is 3.25. The summed E-state index contributed by atoms with van der Waals surface area (Å²) < 4.78 is 41.9. The molecule has 0 bridgehead atoms. The molecule has 0 spiro atoms. The molecule has 1 atom stereocenters. The molecular formula is C12H10BrF3O2. The number of cyclic esters (lactones) is 1. The van der Waals surface area contributed by atoms with Crippen molar-refractivity contribution in [3.8, 4) is 0 Å². The number of rotatable bonds is 3. The van der Waals surface area contributed by atoms with E-state index in [0.29, 0.717) is 11.1 Å². The van der Waals surface area contributed by atoms with E-state index in [9.17, 15) is 18.0 Å². The van der Waals surface area contributed by atoms with Crippen LogP contribution in [0.25, 0.3) is 0 Å². The van der Waals surface area contributed by atoms with E-state index >= 15 is 0 Å². The lowest BCUT2D eigenvalue weighted by atomic mass is 10.0. The Hall–Kier alpha value is -1.04. The van der Waals surface area contributed by atoms with Gasteiger partial charge in [0.2, 0.25) is 0 Å². The van der Waals surface area contributed by atoms with E-state index in [4.69, 9.17) is 4.74 Å². The zero-order chi connectivity index (χ0) is 13.3. The van der Waals surface area contributed by atoms with Gasteiger partial charge in [0, 0.05) is 16.5 Å². The SMILES string of the molecule is O=C1OC(CCCC(F)(F)F)c2ccc(Br)cc21. The topological polar surface area (TPSA) is 26.3 Å². The first-order valence-corrected chi connectivity index (χ1v) is 6.23. The van der Waals surface area contributed by atoms with Crippen molar-refractivity contribution in [3.63, 3.8) is 0 Å². The van der Waals surface area contributed by atoms with Crippen molar-refractivity contribution >= 4 is 21.9 Å². The summed E-state index contributed by atoms with van der Waals surface area (Å²) in [6.07, 6.45) is -5.42. The molecule has 6 heteroatoms. The van der Waals surface area contributed by atoms with Crippen molar-refractivity contribution in [2.24, 2.45) is 0 Å². The molecule has 0 fully saturated rings. The number of fused-ring (bicyclic) bond motifs is 1. The van der Waals surface area contributed by atoms with Gasteiger partial charge in [0.15, 0.2) is 0 Å². The highest BCUT2D eigenvalue weighted by molar-refractivity contribution is 9.10.